The van der Waals surface area contributed by atoms with Gasteiger partial charge in [0.15, 0.2) is 6.10 Å². The van der Waals surface area contributed by atoms with Crippen LogP contribution in [0.15, 0.2) is 0 Å². The van der Waals surface area contributed by atoms with Crippen LogP contribution in [0.25, 0.3) is 0 Å². The SMILES string of the molecule is CCCOCCC(=O)NCC[C@H](O)C(=O)O. The highest BCUT2D eigenvalue weighted by Crippen LogP contribution is 1.90. The van der Waals surface area contributed by atoms with E-state index in [1.54, 1.807) is 0 Å². The molecule has 0 aromatic carbocycles. The summed E-state index contributed by atoms with van der Waals surface area (Å²) in [4.78, 5) is 21.4. The molecule has 94 valence electrons. The second-order valence-corrected chi connectivity index (χ2v) is 3.36. The minimum Gasteiger partial charge on any atom is -0.479 e. The molecule has 0 aliphatic heterocycles. The molecule has 6 nitrogen and oxygen atoms in total. The summed E-state index contributed by atoms with van der Waals surface area (Å²) >= 11 is 0. The van der Waals surface area contributed by atoms with Crippen molar-refractivity contribution in [3.05, 3.63) is 0 Å². The maximum absolute atomic E-state index is 11.1. The lowest BCUT2D eigenvalue weighted by Crippen LogP contribution is -2.30. The molecular weight excluding hydrogens is 214 g/mol. The average Bonchev–Trinajstić information content (AvgIpc) is 2.24. The van der Waals surface area contributed by atoms with Crippen molar-refractivity contribution in [2.75, 3.05) is 19.8 Å². The second kappa shape index (κ2) is 9.11. The van der Waals surface area contributed by atoms with E-state index in [1.807, 2.05) is 6.92 Å². The molecule has 0 aromatic rings. The molecule has 0 heterocycles. The van der Waals surface area contributed by atoms with Gasteiger partial charge in [0.1, 0.15) is 0 Å². The Morgan fingerprint density at radius 2 is 2.06 bits per heavy atom. The number of rotatable bonds is 9. The molecule has 0 fully saturated rings. The molecule has 16 heavy (non-hydrogen) atoms. The van der Waals surface area contributed by atoms with Gasteiger partial charge < -0.3 is 20.3 Å². The second-order valence-electron chi connectivity index (χ2n) is 3.36. The number of carbonyl (C=O) groups is 2. The van der Waals surface area contributed by atoms with Crippen LogP contribution in [0.2, 0.25) is 0 Å². The highest BCUT2D eigenvalue weighted by Gasteiger charge is 2.12. The van der Waals surface area contributed by atoms with Crippen LogP contribution in [0.3, 0.4) is 0 Å². The number of aliphatic hydroxyl groups excluding tert-OH is 1. The molecule has 1 atom stereocenters. The molecule has 0 rings (SSSR count). The fourth-order valence-electron chi connectivity index (χ4n) is 0.971. The van der Waals surface area contributed by atoms with Crippen molar-refractivity contribution in [2.24, 2.45) is 0 Å². The Morgan fingerprint density at radius 3 is 2.62 bits per heavy atom. The van der Waals surface area contributed by atoms with E-state index in [0.717, 1.165) is 6.42 Å². The lowest BCUT2D eigenvalue weighted by molar-refractivity contribution is -0.147. The molecule has 1 amide bonds. The van der Waals surface area contributed by atoms with Crippen LogP contribution in [0.4, 0.5) is 0 Å². The lowest BCUT2D eigenvalue weighted by Gasteiger charge is -2.07. The number of amides is 1. The Bertz CT molecular complexity index is 219. The van der Waals surface area contributed by atoms with Crippen LogP contribution < -0.4 is 5.32 Å². The molecule has 0 aliphatic carbocycles. The Balaban J connectivity index is 3.40. The van der Waals surface area contributed by atoms with E-state index in [0.29, 0.717) is 13.2 Å². The first-order chi connectivity index (χ1) is 7.57. The minimum atomic E-state index is -1.42. The molecule has 0 spiro atoms. The van der Waals surface area contributed by atoms with Crippen LogP contribution in [0, 0.1) is 0 Å². The number of carboxylic acids is 1. The van der Waals surface area contributed by atoms with Crippen LogP contribution in [0.5, 0.6) is 0 Å². The zero-order valence-corrected chi connectivity index (χ0v) is 9.44. The Labute approximate surface area is 94.6 Å². The van der Waals surface area contributed by atoms with Crippen molar-refractivity contribution in [3.63, 3.8) is 0 Å². The number of hydrogen-bond donors (Lipinski definition) is 3. The van der Waals surface area contributed by atoms with E-state index >= 15 is 0 Å². The van der Waals surface area contributed by atoms with Crippen molar-refractivity contribution in [2.45, 2.75) is 32.3 Å². The molecule has 6 heteroatoms. The van der Waals surface area contributed by atoms with E-state index in [9.17, 15) is 9.59 Å². The lowest BCUT2D eigenvalue weighted by atomic mass is 10.2. The van der Waals surface area contributed by atoms with Crippen molar-refractivity contribution in [1.82, 2.24) is 5.32 Å². The number of carbonyl (C=O) groups excluding carboxylic acids is 1. The van der Waals surface area contributed by atoms with E-state index in [4.69, 9.17) is 14.9 Å². The Morgan fingerprint density at radius 1 is 1.38 bits per heavy atom. The summed E-state index contributed by atoms with van der Waals surface area (Å²) < 4.78 is 5.11. The van der Waals surface area contributed by atoms with Gasteiger partial charge in [-0.3, -0.25) is 4.79 Å². The first kappa shape index (κ1) is 14.9. The van der Waals surface area contributed by atoms with Gasteiger partial charge in [-0.2, -0.15) is 0 Å². The first-order valence-electron chi connectivity index (χ1n) is 5.33. The summed E-state index contributed by atoms with van der Waals surface area (Å²) in [6.07, 6.45) is -0.247. The predicted octanol–water partition coefficient (Wildman–Crippen LogP) is -0.245. The number of aliphatic carboxylic acids is 1. The predicted molar refractivity (Wildman–Crippen MR) is 57.0 cm³/mol. The van der Waals surface area contributed by atoms with Crippen molar-refractivity contribution >= 4 is 11.9 Å². The maximum Gasteiger partial charge on any atom is 0.332 e. The fraction of sp³-hybridized carbons (Fsp3) is 0.800. The number of aliphatic hydroxyl groups is 1. The number of nitrogens with one attached hydrogen (secondary N) is 1. The summed E-state index contributed by atoms with van der Waals surface area (Å²) in [5, 5.41) is 19.8. The molecule has 3 N–H and O–H groups in total. The molecule has 0 saturated carbocycles. The van der Waals surface area contributed by atoms with Gasteiger partial charge in [0.05, 0.1) is 6.61 Å². The molecule has 0 radical (unpaired) electrons. The van der Waals surface area contributed by atoms with E-state index in [2.05, 4.69) is 5.32 Å². The molecule has 0 bridgehead atoms. The van der Waals surface area contributed by atoms with E-state index in [1.165, 1.54) is 0 Å². The molecule has 0 unspecified atom stereocenters. The van der Waals surface area contributed by atoms with Crippen LogP contribution in [-0.4, -0.2) is 48.0 Å². The summed E-state index contributed by atoms with van der Waals surface area (Å²) in [5.74, 6) is -1.48. The normalized spacial score (nSPS) is 12.1. The minimum absolute atomic E-state index is 0.0108. The topological polar surface area (TPSA) is 95.9 Å². The molecule has 0 saturated heterocycles. The largest absolute Gasteiger partial charge is 0.479 e. The summed E-state index contributed by atoms with van der Waals surface area (Å²) in [7, 11) is 0. The van der Waals surface area contributed by atoms with Gasteiger partial charge in [-0.1, -0.05) is 6.92 Å². The van der Waals surface area contributed by atoms with E-state index in [-0.39, 0.29) is 25.3 Å². The average molecular weight is 233 g/mol. The summed E-state index contributed by atoms with van der Waals surface area (Å²) in [6.45, 7) is 3.12. The van der Waals surface area contributed by atoms with Gasteiger partial charge in [-0.15, -0.1) is 0 Å². The number of carboxylic acid groups (broad SMARTS) is 1. The van der Waals surface area contributed by atoms with E-state index < -0.39 is 12.1 Å². The zero-order chi connectivity index (χ0) is 12.4. The maximum atomic E-state index is 11.1. The zero-order valence-electron chi connectivity index (χ0n) is 9.44. The van der Waals surface area contributed by atoms with Gasteiger partial charge in [0, 0.05) is 26.0 Å². The van der Waals surface area contributed by atoms with Crippen molar-refractivity contribution in [3.8, 4) is 0 Å². The fourth-order valence-corrected chi connectivity index (χ4v) is 0.971. The first-order valence-corrected chi connectivity index (χ1v) is 5.33. The van der Waals surface area contributed by atoms with Gasteiger partial charge in [0.25, 0.3) is 0 Å². The summed E-state index contributed by atoms with van der Waals surface area (Å²) in [6, 6.07) is 0. The number of hydrogen-bond acceptors (Lipinski definition) is 4. The third kappa shape index (κ3) is 8.19. The van der Waals surface area contributed by atoms with Crippen LogP contribution in [0.1, 0.15) is 26.2 Å². The number of ether oxygens (including phenoxy) is 1. The third-order valence-electron chi connectivity index (χ3n) is 1.85. The summed E-state index contributed by atoms with van der Waals surface area (Å²) in [5.41, 5.74) is 0. The Hall–Kier alpha value is -1.14. The smallest absolute Gasteiger partial charge is 0.332 e. The molecule has 0 aliphatic rings. The van der Waals surface area contributed by atoms with Crippen LogP contribution >= 0.6 is 0 Å². The quantitative estimate of drug-likeness (QED) is 0.477. The van der Waals surface area contributed by atoms with Crippen molar-refractivity contribution in [1.29, 1.82) is 0 Å². The Kier molecular flexibility index (Phi) is 8.46. The monoisotopic (exact) mass is 233 g/mol. The van der Waals surface area contributed by atoms with Crippen molar-refractivity contribution < 1.29 is 24.5 Å². The van der Waals surface area contributed by atoms with Gasteiger partial charge in [-0.25, -0.2) is 4.79 Å². The highest BCUT2D eigenvalue weighted by molar-refractivity contribution is 5.76. The van der Waals surface area contributed by atoms with Gasteiger partial charge >= 0.3 is 5.97 Å². The van der Waals surface area contributed by atoms with Gasteiger partial charge in [0.2, 0.25) is 5.91 Å². The van der Waals surface area contributed by atoms with Crippen LogP contribution in [-0.2, 0) is 14.3 Å². The van der Waals surface area contributed by atoms with Gasteiger partial charge in [-0.05, 0) is 6.42 Å². The molecule has 0 aromatic heterocycles. The standard InChI is InChI=1S/C10H19NO5/c1-2-6-16-7-4-9(13)11-5-3-8(12)10(14)15/h8,12H,2-7H2,1H3,(H,11,13)(H,14,15)/t8-/m0/s1. The third-order valence-corrected chi connectivity index (χ3v) is 1.85. The molecular formula is C10H19NO5. The highest BCUT2D eigenvalue weighted by atomic mass is 16.5.